The Hall–Kier alpha value is -0.430. The summed E-state index contributed by atoms with van der Waals surface area (Å²) in [7, 11) is -1.45. The minimum Gasteiger partial charge on any atom is -0.315 e. The van der Waals surface area contributed by atoms with E-state index in [1.54, 1.807) is 6.07 Å². The predicted molar refractivity (Wildman–Crippen MR) is 74.3 cm³/mol. The Kier molecular flexibility index (Phi) is 4.42. The third-order valence-corrected chi connectivity index (χ3v) is 6.52. The second kappa shape index (κ2) is 5.69. The predicted octanol–water partition coefficient (Wildman–Crippen LogP) is 1.85. The molecule has 1 aliphatic carbocycles. The van der Waals surface area contributed by atoms with Crippen LogP contribution in [0.3, 0.4) is 0 Å². The maximum absolute atomic E-state index is 12.1. The van der Waals surface area contributed by atoms with Gasteiger partial charge in [-0.3, -0.25) is 0 Å². The Balaban J connectivity index is 2.05. The lowest BCUT2D eigenvalue weighted by atomic mass is 9.86. The molecular formula is C12H20N2O2S2. The van der Waals surface area contributed by atoms with Crippen LogP contribution in [0.1, 0.15) is 29.7 Å². The van der Waals surface area contributed by atoms with Crippen LogP contribution in [0.15, 0.2) is 10.3 Å². The first-order chi connectivity index (χ1) is 8.53. The normalized spacial score (nSPS) is 16.8. The summed E-state index contributed by atoms with van der Waals surface area (Å²) in [6.07, 6.45) is 3.53. The van der Waals surface area contributed by atoms with Crippen LogP contribution in [0, 0.1) is 12.8 Å². The van der Waals surface area contributed by atoms with E-state index in [1.165, 1.54) is 17.8 Å². The molecule has 1 aliphatic rings. The average Bonchev–Trinajstić information content (AvgIpc) is 2.59. The zero-order valence-corrected chi connectivity index (χ0v) is 12.5. The van der Waals surface area contributed by atoms with E-state index >= 15 is 0 Å². The van der Waals surface area contributed by atoms with Gasteiger partial charge in [0.25, 0.3) is 0 Å². The van der Waals surface area contributed by atoms with Gasteiger partial charge in [-0.05, 0) is 44.4 Å². The number of sulfonamides is 1. The minimum absolute atomic E-state index is 0.435. The van der Waals surface area contributed by atoms with Crippen LogP contribution < -0.4 is 10.0 Å². The Labute approximate surface area is 113 Å². The topological polar surface area (TPSA) is 58.2 Å². The second-order valence-corrected chi connectivity index (χ2v) is 7.98. The van der Waals surface area contributed by atoms with Crippen LogP contribution in [0.25, 0.3) is 0 Å². The number of nitrogens with one attached hydrogen (secondary N) is 2. The number of hydrogen-bond donors (Lipinski definition) is 2. The van der Waals surface area contributed by atoms with Crippen LogP contribution in [-0.2, 0) is 16.6 Å². The molecule has 0 atom stereocenters. The van der Waals surface area contributed by atoms with Gasteiger partial charge in [0.15, 0.2) is 0 Å². The van der Waals surface area contributed by atoms with Crippen LogP contribution in [-0.4, -0.2) is 22.0 Å². The lowest BCUT2D eigenvalue weighted by Gasteiger charge is -2.25. The van der Waals surface area contributed by atoms with Crippen molar-refractivity contribution in [2.45, 2.75) is 36.9 Å². The van der Waals surface area contributed by atoms with Gasteiger partial charge in [-0.15, -0.1) is 11.3 Å². The molecular weight excluding hydrogens is 268 g/mol. The van der Waals surface area contributed by atoms with E-state index in [0.717, 1.165) is 23.3 Å². The summed E-state index contributed by atoms with van der Waals surface area (Å²) in [6, 6.07) is 1.76. The summed E-state index contributed by atoms with van der Waals surface area (Å²) in [5.41, 5.74) is 1.04. The van der Waals surface area contributed by atoms with E-state index in [4.69, 9.17) is 0 Å². The maximum atomic E-state index is 12.1. The van der Waals surface area contributed by atoms with E-state index in [-0.39, 0.29) is 0 Å². The third-order valence-electron chi connectivity index (χ3n) is 3.39. The summed E-state index contributed by atoms with van der Waals surface area (Å²) in [4.78, 5) is 1.08. The summed E-state index contributed by atoms with van der Waals surface area (Å²) in [5.74, 6) is 0.539. The average molecular weight is 288 g/mol. The van der Waals surface area contributed by atoms with Crippen molar-refractivity contribution in [2.24, 2.45) is 5.92 Å². The molecule has 102 valence electrons. The molecule has 18 heavy (non-hydrogen) atoms. The first-order valence-electron chi connectivity index (χ1n) is 6.26. The van der Waals surface area contributed by atoms with Gasteiger partial charge >= 0.3 is 0 Å². The molecule has 0 radical (unpaired) electrons. The molecule has 4 nitrogen and oxygen atoms in total. The lowest BCUT2D eigenvalue weighted by Crippen LogP contribution is -2.31. The molecule has 0 amide bonds. The Bertz CT molecular complexity index is 504. The Morgan fingerprint density at radius 1 is 1.44 bits per heavy atom. The van der Waals surface area contributed by atoms with Crippen molar-refractivity contribution in [1.29, 1.82) is 0 Å². The van der Waals surface area contributed by atoms with E-state index in [9.17, 15) is 8.42 Å². The molecule has 1 fully saturated rings. The lowest BCUT2D eigenvalue weighted by molar-refractivity contribution is 0.316. The highest BCUT2D eigenvalue weighted by molar-refractivity contribution is 7.91. The molecule has 0 saturated heterocycles. The van der Waals surface area contributed by atoms with E-state index in [2.05, 4.69) is 10.0 Å². The van der Waals surface area contributed by atoms with Crippen molar-refractivity contribution < 1.29 is 8.42 Å². The van der Waals surface area contributed by atoms with Gasteiger partial charge in [-0.25, -0.2) is 13.1 Å². The number of thiophene rings is 1. The largest absolute Gasteiger partial charge is 0.315 e. The van der Waals surface area contributed by atoms with Crippen LogP contribution in [0.5, 0.6) is 0 Å². The number of rotatable bonds is 6. The molecule has 0 spiro atoms. The van der Waals surface area contributed by atoms with E-state index in [0.29, 0.717) is 23.2 Å². The first-order valence-corrected chi connectivity index (χ1v) is 8.56. The number of aryl methyl sites for hydroxylation is 1. The number of hydrogen-bond acceptors (Lipinski definition) is 4. The summed E-state index contributed by atoms with van der Waals surface area (Å²) >= 11 is 1.36. The van der Waals surface area contributed by atoms with Gasteiger partial charge in [0.1, 0.15) is 4.21 Å². The Morgan fingerprint density at radius 3 is 2.72 bits per heavy atom. The Morgan fingerprint density at radius 2 is 2.17 bits per heavy atom. The van der Waals surface area contributed by atoms with Gasteiger partial charge in [-0.2, -0.15) is 0 Å². The van der Waals surface area contributed by atoms with E-state index < -0.39 is 10.0 Å². The monoisotopic (exact) mass is 288 g/mol. The zero-order chi connectivity index (χ0) is 13.2. The highest BCUT2D eigenvalue weighted by atomic mass is 32.2. The van der Waals surface area contributed by atoms with Gasteiger partial charge in [0.05, 0.1) is 0 Å². The molecule has 0 bridgehead atoms. The van der Waals surface area contributed by atoms with Crippen molar-refractivity contribution in [3.05, 3.63) is 16.5 Å². The minimum atomic E-state index is -3.31. The van der Waals surface area contributed by atoms with Crippen molar-refractivity contribution in [1.82, 2.24) is 10.0 Å². The quantitative estimate of drug-likeness (QED) is 0.840. The molecule has 1 heterocycles. The molecule has 0 aliphatic heterocycles. The van der Waals surface area contributed by atoms with Crippen molar-refractivity contribution in [3.63, 3.8) is 0 Å². The summed E-state index contributed by atoms with van der Waals surface area (Å²) < 4.78 is 27.4. The van der Waals surface area contributed by atoms with Crippen molar-refractivity contribution in [2.75, 3.05) is 13.6 Å². The van der Waals surface area contributed by atoms with Crippen molar-refractivity contribution >= 4 is 21.4 Å². The summed E-state index contributed by atoms with van der Waals surface area (Å²) in [6.45, 7) is 3.25. The first kappa shape index (κ1) is 14.0. The van der Waals surface area contributed by atoms with Crippen LogP contribution in [0.2, 0.25) is 0 Å². The summed E-state index contributed by atoms with van der Waals surface area (Å²) in [5, 5.41) is 3.05. The standard InChI is InChI=1S/C12H20N2O2S2/c1-9-6-12(17-11(9)8-13-2)18(15,16)14-7-10-4-3-5-10/h6,10,13-14H,3-5,7-8H2,1-2H3. The molecule has 1 saturated carbocycles. The second-order valence-electron chi connectivity index (χ2n) is 4.85. The fraction of sp³-hybridized carbons (Fsp3) is 0.667. The molecule has 1 aromatic heterocycles. The fourth-order valence-electron chi connectivity index (χ4n) is 1.95. The van der Waals surface area contributed by atoms with Gasteiger partial charge in [0.2, 0.25) is 10.0 Å². The van der Waals surface area contributed by atoms with Crippen LogP contribution >= 0.6 is 11.3 Å². The van der Waals surface area contributed by atoms with Gasteiger partial charge < -0.3 is 5.32 Å². The molecule has 0 unspecified atom stereocenters. The highest BCUT2D eigenvalue weighted by Crippen LogP contribution is 2.28. The van der Waals surface area contributed by atoms with Gasteiger partial charge in [0, 0.05) is 18.0 Å². The highest BCUT2D eigenvalue weighted by Gasteiger charge is 2.23. The van der Waals surface area contributed by atoms with Crippen LogP contribution in [0.4, 0.5) is 0 Å². The molecule has 0 aromatic carbocycles. The molecule has 1 aromatic rings. The third kappa shape index (κ3) is 3.12. The molecule has 2 N–H and O–H groups in total. The molecule has 6 heteroatoms. The van der Waals surface area contributed by atoms with Gasteiger partial charge in [-0.1, -0.05) is 6.42 Å². The van der Waals surface area contributed by atoms with E-state index in [1.807, 2.05) is 14.0 Å². The smallest absolute Gasteiger partial charge is 0.250 e. The fourth-order valence-corrected chi connectivity index (χ4v) is 4.71. The SMILES string of the molecule is CNCc1sc(S(=O)(=O)NCC2CCC2)cc1C. The van der Waals surface area contributed by atoms with Crippen molar-refractivity contribution in [3.8, 4) is 0 Å². The molecule has 2 rings (SSSR count). The maximum Gasteiger partial charge on any atom is 0.250 e. The zero-order valence-electron chi connectivity index (χ0n) is 10.8.